The van der Waals surface area contributed by atoms with Gasteiger partial charge >= 0.3 is 0 Å². The van der Waals surface area contributed by atoms with Crippen LogP contribution >= 0.6 is 0 Å². The highest BCUT2D eigenvalue weighted by atomic mass is 16.5. The molecule has 0 aliphatic heterocycles. The molecule has 0 aliphatic rings. The van der Waals surface area contributed by atoms with Crippen LogP contribution in [-0.4, -0.2) is 13.4 Å². The molecular weight excluding hydrogens is 164 g/mol. The topological polar surface area (TPSA) is 26.3 Å². The molecule has 0 radical (unpaired) electrons. The van der Waals surface area contributed by atoms with Crippen molar-refractivity contribution in [1.82, 2.24) is 0 Å². The van der Waals surface area contributed by atoms with Gasteiger partial charge in [0.05, 0.1) is 18.9 Å². The number of aldehydes is 1. The number of allylic oxidation sites excluding steroid dienone is 1. The van der Waals surface area contributed by atoms with Crippen LogP contribution in [0.5, 0.6) is 0 Å². The lowest BCUT2D eigenvalue weighted by Gasteiger charge is -2.00. The molecule has 68 valence electrons. The fraction of sp³-hybridized carbons (Fsp3) is 0.182. The highest BCUT2D eigenvalue weighted by molar-refractivity contribution is 6.06. The Hall–Kier alpha value is -1.57. The Labute approximate surface area is 77.8 Å². The first-order valence-electron chi connectivity index (χ1n) is 4.03. The fourth-order valence-corrected chi connectivity index (χ4v) is 1.04. The second kappa shape index (κ2) is 4.45. The first kappa shape index (κ1) is 9.52. The normalized spacial score (nSPS) is 11.1. The summed E-state index contributed by atoms with van der Waals surface area (Å²) < 4.78 is 4.79. The van der Waals surface area contributed by atoms with Gasteiger partial charge in [-0.05, 0) is 12.5 Å². The molecule has 0 aromatic heterocycles. The van der Waals surface area contributed by atoms with Gasteiger partial charge in [-0.1, -0.05) is 29.8 Å². The molecule has 0 amide bonds. The van der Waals surface area contributed by atoms with E-state index in [0.29, 0.717) is 5.57 Å². The molecule has 0 N–H and O–H groups in total. The summed E-state index contributed by atoms with van der Waals surface area (Å²) in [6.45, 7) is 2.00. The summed E-state index contributed by atoms with van der Waals surface area (Å²) in [7, 11) is 1.53. The third kappa shape index (κ3) is 2.44. The number of ether oxygens (including phenoxy) is 1. The number of benzene rings is 1. The predicted octanol–water partition coefficient (Wildman–Crippen LogP) is 2.18. The van der Waals surface area contributed by atoms with E-state index in [1.165, 1.54) is 18.9 Å². The van der Waals surface area contributed by atoms with Gasteiger partial charge in [0.2, 0.25) is 0 Å². The molecule has 0 spiro atoms. The molecule has 13 heavy (non-hydrogen) atoms. The maximum atomic E-state index is 10.6. The Balaban J connectivity index is 2.99. The minimum Gasteiger partial charge on any atom is -0.504 e. The lowest BCUT2D eigenvalue weighted by molar-refractivity contribution is -0.103. The number of rotatable bonds is 3. The number of hydrogen-bond donors (Lipinski definition) is 0. The van der Waals surface area contributed by atoms with E-state index in [9.17, 15) is 4.79 Å². The monoisotopic (exact) mass is 176 g/mol. The van der Waals surface area contributed by atoms with Gasteiger partial charge in [0, 0.05) is 0 Å². The number of carbonyl (C=O) groups is 1. The van der Waals surface area contributed by atoms with E-state index in [2.05, 4.69) is 0 Å². The van der Waals surface area contributed by atoms with Crippen LogP contribution in [0.3, 0.4) is 0 Å². The molecule has 1 aromatic carbocycles. The molecule has 2 heteroatoms. The maximum absolute atomic E-state index is 10.6. The second-order valence-electron chi connectivity index (χ2n) is 2.79. The van der Waals surface area contributed by atoms with Crippen molar-refractivity contribution >= 4 is 11.9 Å². The van der Waals surface area contributed by atoms with E-state index in [1.807, 2.05) is 31.2 Å². The largest absolute Gasteiger partial charge is 0.504 e. The Bertz CT molecular complexity index is 309. The van der Waals surface area contributed by atoms with Crippen LogP contribution in [0, 0.1) is 6.92 Å². The zero-order valence-electron chi connectivity index (χ0n) is 7.78. The number of methoxy groups -OCH3 is 1. The van der Waals surface area contributed by atoms with E-state index >= 15 is 0 Å². The van der Waals surface area contributed by atoms with Gasteiger partial charge in [-0.15, -0.1) is 0 Å². The van der Waals surface area contributed by atoms with E-state index < -0.39 is 0 Å². The van der Waals surface area contributed by atoms with Gasteiger partial charge in [0.15, 0.2) is 6.29 Å². The molecule has 0 fully saturated rings. The van der Waals surface area contributed by atoms with Crippen LogP contribution in [0.4, 0.5) is 0 Å². The van der Waals surface area contributed by atoms with Crippen molar-refractivity contribution in [3.63, 3.8) is 0 Å². The molecule has 0 heterocycles. The van der Waals surface area contributed by atoms with Crippen molar-refractivity contribution in [2.24, 2.45) is 0 Å². The van der Waals surface area contributed by atoms with Gasteiger partial charge in [-0.3, -0.25) is 4.79 Å². The van der Waals surface area contributed by atoms with Gasteiger partial charge < -0.3 is 4.74 Å². The number of hydrogen-bond acceptors (Lipinski definition) is 2. The summed E-state index contributed by atoms with van der Waals surface area (Å²) in [5.74, 6) is 0. The standard InChI is InChI=1S/C11H12O2/c1-9-3-5-10(6-4-9)11(7-12)8-13-2/h3-8H,1-2H3/b11-8-. The van der Waals surface area contributed by atoms with Crippen molar-refractivity contribution in [3.05, 3.63) is 41.7 Å². The second-order valence-corrected chi connectivity index (χ2v) is 2.79. The van der Waals surface area contributed by atoms with E-state index in [0.717, 1.165) is 11.8 Å². The third-order valence-corrected chi connectivity index (χ3v) is 1.76. The maximum Gasteiger partial charge on any atom is 0.153 e. The molecule has 0 saturated heterocycles. The van der Waals surface area contributed by atoms with Crippen LogP contribution in [0.25, 0.3) is 5.57 Å². The Morgan fingerprint density at radius 1 is 1.31 bits per heavy atom. The Morgan fingerprint density at radius 2 is 1.92 bits per heavy atom. The predicted molar refractivity (Wildman–Crippen MR) is 52.2 cm³/mol. The van der Waals surface area contributed by atoms with Crippen LogP contribution in [0.15, 0.2) is 30.5 Å². The molecular formula is C11H12O2. The minimum atomic E-state index is 0.558. The summed E-state index contributed by atoms with van der Waals surface area (Å²) in [4.78, 5) is 10.6. The summed E-state index contributed by atoms with van der Waals surface area (Å²) in [5, 5.41) is 0. The summed E-state index contributed by atoms with van der Waals surface area (Å²) in [5.41, 5.74) is 2.61. The van der Waals surface area contributed by atoms with Crippen LogP contribution < -0.4 is 0 Å². The minimum absolute atomic E-state index is 0.558. The van der Waals surface area contributed by atoms with Gasteiger partial charge in [-0.25, -0.2) is 0 Å². The third-order valence-electron chi connectivity index (χ3n) is 1.76. The van der Waals surface area contributed by atoms with Gasteiger partial charge in [0.1, 0.15) is 0 Å². The van der Waals surface area contributed by atoms with Crippen LogP contribution in [0.2, 0.25) is 0 Å². The molecule has 1 rings (SSSR count). The summed E-state index contributed by atoms with van der Waals surface area (Å²) in [6, 6.07) is 7.72. The van der Waals surface area contributed by atoms with Crippen molar-refractivity contribution in [2.45, 2.75) is 6.92 Å². The number of carbonyl (C=O) groups excluding carboxylic acids is 1. The molecule has 0 aliphatic carbocycles. The zero-order chi connectivity index (χ0) is 9.68. The van der Waals surface area contributed by atoms with E-state index in [1.54, 1.807) is 0 Å². The zero-order valence-corrected chi connectivity index (χ0v) is 7.78. The molecule has 0 bridgehead atoms. The highest BCUT2D eigenvalue weighted by Gasteiger charge is 1.98. The lowest BCUT2D eigenvalue weighted by Crippen LogP contribution is -1.86. The van der Waals surface area contributed by atoms with Crippen molar-refractivity contribution in [1.29, 1.82) is 0 Å². The van der Waals surface area contributed by atoms with Gasteiger partial charge in [0.25, 0.3) is 0 Å². The molecule has 0 atom stereocenters. The Kier molecular flexibility index (Phi) is 3.26. The Morgan fingerprint density at radius 3 is 2.38 bits per heavy atom. The van der Waals surface area contributed by atoms with E-state index in [-0.39, 0.29) is 0 Å². The van der Waals surface area contributed by atoms with Crippen molar-refractivity contribution in [3.8, 4) is 0 Å². The average molecular weight is 176 g/mol. The first-order chi connectivity index (χ1) is 6.27. The molecule has 1 aromatic rings. The number of aryl methyl sites for hydroxylation is 1. The van der Waals surface area contributed by atoms with Crippen molar-refractivity contribution in [2.75, 3.05) is 7.11 Å². The van der Waals surface area contributed by atoms with E-state index in [4.69, 9.17) is 4.74 Å². The summed E-state index contributed by atoms with van der Waals surface area (Å²) in [6.07, 6.45) is 2.23. The van der Waals surface area contributed by atoms with Gasteiger partial charge in [-0.2, -0.15) is 0 Å². The van der Waals surface area contributed by atoms with Crippen LogP contribution in [0.1, 0.15) is 11.1 Å². The average Bonchev–Trinajstić information content (AvgIpc) is 2.16. The summed E-state index contributed by atoms with van der Waals surface area (Å²) >= 11 is 0. The quantitative estimate of drug-likeness (QED) is 0.401. The van der Waals surface area contributed by atoms with Crippen LogP contribution in [-0.2, 0) is 9.53 Å². The molecule has 0 unspecified atom stereocenters. The SMILES string of the molecule is CO/C=C(/C=O)c1ccc(C)cc1. The molecule has 0 saturated carbocycles. The lowest BCUT2D eigenvalue weighted by atomic mass is 10.1. The molecule has 2 nitrogen and oxygen atoms in total. The fourth-order valence-electron chi connectivity index (χ4n) is 1.04. The van der Waals surface area contributed by atoms with Crippen molar-refractivity contribution < 1.29 is 9.53 Å². The first-order valence-corrected chi connectivity index (χ1v) is 4.03. The highest BCUT2D eigenvalue weighted by Crippen LogP contribution is 2.12. The smallest absolute Gasteiger partial charge is 0.153 e.